The van der Waals surface area contributed by atoms with Crippen molar-refractivity contribution in [1.29, 1.82) is 0 Å². The zero-order chi connectivity index (χ0) is 8.32. The number of hydrogen-bond acceptors (Lipinski definition) is 3. The Bertz CT molecular complexity index is 123. The minimum absolute atomic E-state index is 0.295. The second kappa shape index (κ2) is 3.52. The first-order chi connectivity index (χ1) is 5.14. The van der Waals surface area contributed by atoms with Crippen LogP contribution in [0.2, 0.25) is 0 Å². The van der Waals surface area contributed by atoms with Crippen LogP contribution in [0.1, 0.15) is 26.7 Å². The number of ether oxygens (including phenoxy) is 2. The first-order valence-electron chi connectivity index (χ1n) is 4.16. The van der Waals surface area contributed by atoms with Gasteiger partial charge in [-0.3, -0.25) is 0 Å². The summed E-state index contributed by atoms with van der Waals surface area (Å²) in [6.45, 7) is 5.36. The fourth-order valence-corrected chi connectivity index (χ4v) is 1.32. The lowest BCUT2D eigenvalue weighted by molar-refractivity contribution is -0.273. The molecule has 1 aliphatic heterocycles. The van der Waals surface area contributed by atoms with Gasteiger partial charge in [-0.2, -0.15) is 0 Å². The van der Waals surface area contributed by atoms with Gasteiger partial charge in [-0.1, -0.05) is 0 Å². The Morgan fingerprint density at radius 3 is 2.82 bits per heavy atom. The van der Waals surface area contributed by atoms with E-state index < -0.39 is 5.79 Å². The number of hydrogen-bond donors (Lipinski definition) is 1. The highest BCUT2D eigenvalue weighted by molar-refractivity contribution is 4.68. The number of rotatable bonds is 2. The minimum Gasteiger partial charge on any atom is -0.350 e. The topological polar surface area (TPSA) is 44.5 Å². The van der Waals surface area contributed by atoms with E-state index in [1.165, 1.54) is 0 Å². The summed E-state index contributed by atoms with van der Waals surface area (Å²) >= 11 is 0. The molecule has 1 saturated heterocycles. The quantitative estimate of drug-likeness (QED) is 0.650. The van der Waals surface area contributed by atoms with Gasteiger partial charge in [0, 0.05) is 0 Å². The fourth-order valence-electron chi connectivity index (χ4n) is 1.32. The van der Waals surface area contributed by atoms with E-state index in [9.17, 15) is 0 Å². The van der Waals surface area contributed by atoms with Crippen LogP contribution in [-0.4, -0.2) is 25.0 Å². The molecule has 1 atom stereocenters. The molecule has 0 aliphatic carbocycles. The van der Waals surface area contributed by atoms with E-state index in [4.69, 9.17) is 15.2 Å². The first kappa shape index (κ1) is 8.97. The van der Waals surface area contributed by atoms with Crippen LogP contribution in [0, 0.1) is 0 Å². The Labute approximate surface area is 67.9 Å². The number of nitrogens with two attached hydrogens (primary N) is 1. The lowest BCUT2D eigenvalue weighted by Crippen LogP contribution is -2.40. The van der Waals surface area contributed by atoms with E-state index in [0.29, 0.717) is 12.6 Å². The molecule has 1 aliphatic rings. The molecule has 1 fully saturated rings. The maximum Gasteiger partial charge on any atom is 0.163 e. The molecule has 66 valence electrons. The van der Waals surface area contributed by atoms with Crippen molar-refractivity contribution >= 4 is 0 Å². The monoisotopic (exact) mass is 159 g/mol. The maximum atomic E-state index is 5.61. The fraction of sp³-hybridized carbons (Fsp3) is 1.00. The SMILES string of the molecule is CC1(C)OCCC(CCN)O1. The second-order valence-corrected chi connectivity index (χ2v) is 3.35. The molecule has 1 unspecified atom stereocenters. The van der Waals surface area contributed by atoms with Crippen molar-refractivity contribution in [3.05, 3.63) is 0 Å². The summed E-state index contributed by atoms with van der Waals surface area (Å²) in [5.41, 5.74) is 5.43. The molecule has 2 N–H and O–H groups in total. The van der Waals surface area contributed by atoms with Gasteiger partial charge in [-0.05, 0) is 33.2 Å². The largest absolute Gasteiger partial charge is 0.350 e. The highest BCUT2D eigenvalue weighted by atomic mass is 16.7. The van der Waals surface area contributed by atoms with Gasteiger partial charge in [-0.15, -0.1) is 0 Å². The van der Waals surface area contributed by atoms with Crippen LogP contribution in [0.5, 0.6) is 0 Å². The molecule has 0 aromatic carbocycles. The summed E-state index contributed by atoms with van der Waals surface area (Å²) in [5, 5.41) is 0. The summed E-state index contributed by atoms with van der Waals surface area (Å²) < 4.78 is 11.0. The van der Waals surface area contributed by atoms with Gasteiger partial charge in [0.2, 0.25) is 0 Å². The van der Waals surface area contributed by atoms with E-state index in [1.54, 1.807) is 0 Å². The summed E-state index contributed by atoms with van der Waals surface area (Å²) in [7, 11) is 0. The van der Waals surface area contributed by atoms with Gasteiger partial charge >= 0.3 is 0 Å². The molecular formula is C8H17NO2. The standard InChI is InChI=1S/C8H17NO2/c1-8(2)10-6-4-7(11-8)3-5-9/h7H,3-6,9H2,1-2H3. The van der Waals surface area contributed by atoms with Crippen molar-refractivity contribution in [3.63, 3.8) is 0 Å². The van der Waals surface area contributed by atoms with Gasteiger partial charge in [0.15, 0.2) is 5.79 Å². The molecule has 0 amide bonds. The van der Waals surface area contributed by atoms with Crippen LogP contribution < -0.4 is 5.73 Å². The summed E-state index contributed by atoms with van der Waals surface area (Å²) in [6, 6.07) is 0. The lowest BCUT2D eigenvalue weighted by atomic mass is 10.1. The van der Waals surface area contributed by atoms with Crippen LogP contribution in [0.3, 0.4) is 0 Å². The molecule has 0 bridgehead atoms. The molecule has 0 aromatic heterocycles. The van der Waals surface area contributed by atoms with Crippen LogP contribution in [0.15, 0.2) is 0 Å². The molecule has 3 nitrogen and oxygen atoms in total. The van der Waals surface area contributed by atoms with Crippen molar-refractivity contribution in [2.24, 2.45) is 5.73 Å². The van der Waals surface area contributed by atoms with Crippen LogP contribution in [0.4, 0.5) is 0 Å². The van der Waals surface area contributed by atoms with E-state index >= 15 is 0 Å². The predicted octanol–water partition coefficient (Wildman–Crippen LogP) is 0.877. The zero-order valence-corrected chi connectivity index (χ0v) is 7.30. The summed E-state index contributed by atoms with van der Waals surface area (Å²) in [5.74, 6) is -0.405. The van der Waals surface area contributed by atoms with Gasteiger partial charge in [0.1, 0.15) is 0 Å². The van der Waals surface area contributed by atoms with Crippen LogP contribution in [-0.2, 0) is 9.47 Å². The van der Waals surface area contributed by atoms with E-state index in [1.807, 2.05) is 13.8 Å². The second-order valence-electron chi connectivity index (χ2n) is 3.35. The van der Waals surface area contributed by atoms with E-state index in [0.717, 1.165) is 19.4 Å². The molecular weight excluding hydrogens is 142 g/mol. The molecule has 0 spiro atoms. The molecule has 0 aromatic rings. The molecule has 1 rings (SSSR count). The normalized spacial score (nSPS) is 30.3. The Morgan fingerprint density at radius 1 is 1.55 bits per heavy atom. The van der Waals surface area contributed by atoms with Crippen molar-refractivity contribution in [2.75, 3.05) is 13.2 Å². The zero-order valence-electron chi connectivity index (χ0n) is 7.30. The van der Waals surface area contributed by atoms with Gasteiger partial charge < -0.3 is 15.2 Å². The first-order valence-corrected chi connectivity index (χ1v) is 4.16. The van der Waals surface area contributed by atoms with Crippen molar-refractivity contribution < 1.29 is 9.47 Å². The minimum atomic E-state index is -0.405. The summed E-state index contributed by atoms with van der Waals surface area (Å²) in [6.07, 6.45) is 2.21. The van der Waals surface area contributed by atoms with E-state index in [-0.39, 0.29) is 0 Å². The van der Waals surface area contributed by atoms with Crippen LogP contribution >= 0.6 is 0 Å². The predicted molar refractivity (Wildman–Crippen MR) is 43.2 cm³/mol. The molecule has 11 heavy (non-hydrogen) atoms. The molecule has 0 radical (unpaired) electrons. The third-order valence-electron chi connectivity index (χ3n) is 1.83. The van der Waals surface area contributed by atoms with Crippen molar-refractivity contribution in [2.45, 2.75) is 38.6 Å². The lowest BCUT2D eigenvalue weighted by Gasteiger charge is -2.35. The van der Waals surface area contributed by atoms with Crippen molar-refractivity contribution in [3.8, 4) is 0 Å². The highest BCUT2D eigenvalue weighted by Gasteiger charge is 2.28. The Balaban J connectivity index is 2.34. The van der Waals surface area contributed by atoms with Gasteiger partial charge in [0.25, 0.3) is 0 Å². The van der Waals surface area contributed by atoms with Crippen LogP contribution in [0.25, 0.3) is 0 Å². The Hall–Kier alpha value is -0.120. The average molecular weight is 159 g/mol. The molecule has 0 saturated carbocycles. The Morgan fingerprint density at radius 2 is 2.27 bits per heavy atom. The van der Waals surface area contributed by atoms with E-state index in [2.05, 4.69) is 0 Å². The molecule has 1 heterocycles. The van der Waals surface area contributed by atoms with Crippen molar-refractivity contribution in [1.82, 2.24) is 0 Å². The smallest absolute Gasteiger partial charge is 0.163 e. The summed E-state index contributed by atoms with van der Waals surface area (Å²) in [4.78, 5) is 0. The molecule has 3 heteroatoms. The Kier molecular flexibility index (Phi) is 2.87. The van der Waals surface area contributed by atoms with Gasteiger partial charge in [-0.25, -0.2) is 0 Å². The average Bonchev–Trinajstić information content (AvgIpc) is 1.85. The van der Waals surface area contributed by atoms with Gasteiger partial charge in [0.05, 0.1) is 12.7 Å². The highest BCUT2D eigenvalue weighted by Crippen LogP contribution is 2.22. The third-order valence-corrected chi connectivity index (χ3v) is 1.83. The third kappa shape index (κ3) is 2.77. The maximum absolute atomic E-state index is 5.61.